The minimum absolute atomic E-state index is 0.170. The third kappa shape index (κ3) is 5.43. The molecule has 1 N–H and O–H groups in total. The Morgan fingerprint density at radius 2 is 2.08 bits per heavy atom. The molecule has 10 heteroatoms. The maximum Gasteiger partial charge on any atom is 0.293 e. The first kappa shape index (κ1) is 27.3. The second-order valence-corrected chi connectivity index (χ2v) is 10.5. The van der Waals surface area contributed by atoms with Crippen LogP contribution in [0.4, 0.5) is 21.8 Å². The first-order valence-electron chi connectivity index (χ1n) is 12.9. The van der Waals surface area contributed by atoms with Crippen molar-refractivity contribution in [3.05, 3.63) is 46.4 Å². The van der Waals surface area contributed by atoms with Gasteiger partial charge in [-0.15, -0.1) is 0 Å². The van der Waals surface area contributed by atoms with Crippen LogP contribution in [0, 0.1) is 23.2 Å². The van der Waals surface area contributed by atoms with Gasteiger partial charge in [0.05, 0.1) is 18.3 Å². The third-order valence-electron chi connectivity index (χ3n) is 7.55. The van der Waals surface area contributed by atoms with Crippen LogP contribution >= 0.6 is 0 Å². The van der Waals surface area contributed by atoms with Gasteiger partial charge in [-0.3, -0.25) is 4.79 Å². The Kier molecular flexibility index (Phi) is 7.88. The predicted octanol–water partition coefficient (Wildman–Crippen LogP) is 4.09. The molecule has 1 fully saturated rings. The van der Waals surface area contributed by atoms with E-state index in [0.29, 0.717) is 42.7 Å². The normalized spacial score (nSPS) is 21.5. The summed E-state index contributed by atoms with van der Waals surface area (Å²) in [5.74, 6) is 0.745. The third-order valence-corrected chi connectivity index (χ3v) is 7.55. The van der Waals surface area contributed by atoms with E-state index in [-0.39, 0.29) is 23.1 Å². The number of nitriles is 1. The largest absolute Gasteiger partial charge is 0.488 e. The van der Waals surface area contributed by atoms with Crippen LogP contribution in [0.1, 0.15) is 32.8 Å². The van der Waals surface area contributed by atoms with E-state index in [0.717, 1.165) is 23.9 Å². The van der Waals surface area contributed by atoms with Gasteiger partial charge in [0.2, 0.25) is 5.95 Å². The second kappa shape index (κ2) is 11.0. The minimum Gasteiger partial charge on any atom is -0.488 e. The van der Waals surface area contributed by atoms with Crippen molar-refractivity contribution in [1.82, 2.24) is 19.4 Å². The van der Waals surface area contributed by atoms with E-state index in [1.54, 1.807) is 24.6 Å². The fraction of sp³-hybridized carbons (Fsp3) is 0.500. The van der Waals surface area contributed by atoms with Gasteiger partial charge in [0.15, 0.2) is 11.6 Å². The minimum atomic E-state index is -1.29. The highest BCUT2D eigenvalue weighted by atomic mass is 19.1. The smallest absolute Gasteiger partial charge is 0.293 e. The molecule has 4 rings (SSSR count). The Hall–Kier alpha value is -3.71. The maximum atomic E-state index is 15.6. The molecule has 1 aliphatic rings. The Morgan fingerprint density at radius 1 is 1.32 bits per heavy atom. The second-order valence-electron chi connectivity index (χ2n) is 10.5. The lowest BCUT2D eigenvalue weighted by Gasteiger charge is -2.45. The van der Waals surface area contributed by atoms with Gasteiger partial charge in [-0.25, -0.2) is 9.37 Å². The van der Waals surface area contributed by atoms with Crippen LogP contribution in [-0.4, -0.2) is 65.4 Å². The number of nitrogens with zero attached hydrogens (tertiary/aromatic N) is 6. The number of halogens is 1. The Labute approximate surface area is 222 Å². The molecule has 3 aromatic rings. The zero-order valence-electron chi connectivity index (χ0n) is 23.0. The lowest BCUT2D eigenvalue weighted by atomic mass is 9.75. The molecule has 3 heterocycles. The van der Waals surface area contributed by atoms with E-state index < -0.39 is 5.67 Å². The summed E-state index contributed by atoms with van der Waals surface area (Å²) in [6.07, 6.45) is 2.23. The van der Waals surface area contributed by atoms with Crippen molar-refractivity contribution in [1.29, 1.82) is 5.26 Å². The fourth-order valence-corrected chi connectivity index (χ4v) is 5.01. The zero-order valence-corrected chi connectivity index (χ0v) is 23.0. The lowest BCUT2D eigenvalue weighted by molar-refractivity contribution is 0.0197. The number of anilines is 3. The monoisotopic (exact) mass is 521 g/mol. The number of rotatable bonds is 8. The molecule has 0 saturated carbocycles. The summed E-state index contributed by atoms with van der Waals surface area (Å²) in [7, 11) is 5.69. The van der Waals surface area contributed by atoms with E-state index in [9.17, 15) is 10.1 Å². The Balaban J connectivity index is 1.64. The molecule has 202 valence electrons. The van der Waals surface area contributed by atoms with E-state index in [4.69, 9.17) is 9.72 Å². The van der Waals surface area contributed by atoms with Crippen molar-refractivity contribution < 1.29 is 9.13 Å². The molecule has 3 atom stereocenters. The molecular weight excluding hydrogens is 485 g/mol. The van der Waals surface area contributed by atoms with Gasteiger partial charge in [0.25, 0.3) is 5.56 Å². The number of ether oxygens (including phenoxy) is 1. The van der Waals surface area contributed by atoms with Gasteiger partial charge in [-0.1, -0.05) is 6.92 Å². The summed E-state index contributed by atoms with van der Waals surface area (Å²) in [6, 6.07) is 9.43. The van der Waals surface area contributed by atoms with Crippen LogP contribution in [0.2, 0.25) is 0 Å². The Bertz CT molecular complexity index is 1410. The van der Waals surface area contributed by atoms with Crippen molar-refractivity contribution in [2.75, 3.05) is 50.6 Å². The number of hydrogen-bond acceptors (Lipinski definition) is 8. The molecular formula is C28H36FN7O2. The number of benzene rings is 1. The molecule has 2 aromatic heterocycles. The highest BCUT2D eigenvalue weighted by Gasteiger charge is 2.45. The highest BCUT2D eigenvalue weighted by Crippen LogP contribution is 2.39. The molecule has 9 nitrogen and oxygen atoms in total. The number of hydrogen-bond donors (Lipinski definition) is 1. The molecule has 0 aliphatic carbocycles. The molecule has 0 spiro atoms. The van der Waals surface area contributed by atoms with E-state index in [1.807, 2.05) is 51.0 Å². The van der Waals surface area contributed by atoms with Crippen LogP contribution in [-0.2, 0) is 7.05 Å². The van der Waals surface area contributed by atoms with Crippen molar-refractivity contribution >= 4 is 28.4 Å². The van der Waals surface area contributed by atoms with E-state index >= 15 is 4.39 Å². The lowest BCUT2D eigenvalue weighted by Crippen LogP contribution is -2.54. The van der Waals surface area contributed by atoms with Gasteiger partial charge in [0, 0.05) is 43.0 Å². The van der Waals surface area contributed by atoms with Crippen molar-refractivity contribution in [3.8, 4) is 11.8 Å². The first-order valence-corrected chi connectivity index (χ1v) is 12.9. The SMILES string of the molecule is CCOc1cc2cc(Nc3nc(N4CC(C)C(C)(F)C(CCN(C)C)C4)ncc3C#N)ccc2n(C)c1=O. The van der Waals surface area contributed by atoms with Gasteiger partial charge in [-0.05, 0) is 65.2 Å². The molecule has 1 aliphatic heterocycles. The van der Waals surface area contributed by atoms with Crippen LogP contribution in [0.15, 0.2) is 35.3 Å². The molecule has 0 bridgehead atoms. The first-order chi connectivity index (χ1) is 18.0. The maximum absolute atomic E-state index is 15.6. The number of nitrogens with one attached hydrogen (secondary N) is 1. The molecule has 1 aromatic carbocycles. The van der Waals surface area contributed by atoms with E-state index in [1.165, 1.54) is 6.20 Å². The quantitative estimate of drug-likeness (QED) is 0.473. The van der Waals surface area contributed by atoms with Crippen LogP contribution in [0.5, 0.6) is 5.75 Å². The molecule has 38 heavy (non-hydrogen) atoms. The van der Waals surface area contributed by atoms with Crippen molar-refractivity contribution in [3.63, 3.8) is 0 Å². The summed E-state index contributed by atoms with van der Waals surface area (Å²) in [6.45, 7) is 7.64. The fourth-order valence-electron chi connectivity index (χ4n) is 5.01. The van der Waals surface area contributed by atoms with Gasteiger partial charge >= 0.3 is 0 Å². The van der Waals surface area contributed by atoms with E-state index in [2.05, 4.69) is 21.3 Å². The number of aryl methyl sites for hydroxylation is 1. The molecule has 3 unspecified atom stereocenters. The van der Waals surface area contributed by atoms with Crippen molar-refractivity contribution in [2.24, 2.45) is 18.9 Å². The topological polar surface area (TPSA) is 99.3 Å². The van der Waals surface area contributed by atoms with Gasteiger partial charge in [0.1, 0.15) is 17.3 Å². The summed E-state index contributed by atoms with van der Waals surface area (Å²) >= 11 is 0. The van der Waals surface area contributed by atoms with Crippen molar-refractivity contribution in [2.45, 2.75) is 32.9 Å². The number of aromatic nitrogens is 3. The Morgan fingerprint density at radius 3 is 2.76 bits per heavy atom. The predicted molar refractivity (Wildman–Crippen MR) is 148 cm³/mol. The van der Waals surface area contributed by atoms with Gasteiger partial charge in [-0.2, -0.15) is 10.2 Å². The molecule has 1 saturated heterocycles. The summed E-state index contributed by atoms with van der Waals surface area (Å²) in [4.78, 5) is 25.8. The van der Waals surface area contributed by atoms with Crippen LogP contribution < -0.4 is 20.5 Å². The molecule has 0 amide bonds. The van der Waals surface area contributed by atoms with Gasteiger partial charge < -0.3 is 24.4 Å². The number of alkyl halides is 1. The highest BCUT2D eigenvalue weighted by molar-refractivity contribution is 5.85. The average molecular weight is 522 g/mol. The summed E-state index contributed by atoms with van der Waals surface area (Å²) in [5, 5.41) is 13.8. The average Bonchev–Trinajstić information content (AvgIpc) is 2.88. The van der Waals surface area contributed by atoms with Crippen LogP contribution in [0.3, 0.4) is 0 Å². The summed E-state index contributed by atoms with van der Waals surface area (Å²) in [5.41, 5.74) is 0.275. The standard InChI is InChI=1S/C28H36FN7O2/c1-7-38-24-13-19-12-22(8-9-23(19)35(6)26(24)37)32-25-20(14-30)15-31-27(33-25)36-16-18(2)28(3,29)21(17-36)10-11-34(4)5/h8-9,12-13,15,18,21H,7,10-11,16-17H2,1-6H3,(H,31,32,33). The number of fused-ring (bicyclic) bond motifs is 1. The van der Waals surface area contributed by atoms with Crippen LogP contribution in [0.25, 0.3) is 10.9 Å². The summed E-state index contributed by atoms with van der Waals surface area (Å²) < 4.78 is 22.7. The number of piperidine rings is 1. The zero-order chi connectivity index (χ0) is 27.6. The molecule has 0 radical (unpaired) electrons. The number of pyridine rings is 1.